The number of ketones is 1. The van der Waals surface area contributed by atoms with Crippen molar-refractivity contribution < 1.29 is 15.0 Å². The molecule has 1 saturated heterocycles. The third kappa shape index (κ3) is 3.08. The Bertz CT molecular complexity index is 490. The molecule has 1 heterocycles. The fraction of sp³-hybridized carbons (Fsp3) is 0.500. The summed E-state index contributed by atoms with van der Waals surface area (Å²) >= 11 is 5.99. The number of carbonyl (C=O) groups excluding carboxylic acids is 1. The average molecular weight is 284 g/mol. The van der Waals surface area contributed by atoms with Gasteiger partial charge in [0.15, 0.2) is 5.78 Å². The van der Waals surface area contributed by atoms with E-state index in [4.69, 9.17) is 11.6 Å². The normalized spacial score (nSPS) is 19.8. The highest BCUT2D eigenvalue weighted by molar-refractivity contribution is 6.31. The predicted octanol–water partition coefficient (Wildman–Crippen LogP) is 2.20. The Balaban J connectivity index is 2.27. The fourth-order valence-corrected chi connectivity index (χ4v) is 2.81. The number of aliphatic hydroxyl groups excluding tert-OH is 1. The number of carbonyl (C=O) groups is 1. The van der Waals surface area contributed by atoms with Crippen LogP contribution in [0.1, 0.15) is 35.7 Å². The van der Waals surface area contributed by atoms with E-state index in [1.807, 2.05) is 0 Å². The summed E-state index contributed by atoms with van der Waals surface area (Å²) in [4.78, 5) is 13.6. The lowest BCUT2D eigenvalue weighted by atomic mass is 10.1. The van der Waals surface area contributed by atoms with Gasteiger partial charge in [0, 0.05) is 23.2 Å². The van der Waals surface area contributed by atoms with Gasteiger partial charge in [-0.05, 0) is 38.4 Å². The highest BCUT2D eigenvalue weighted by Gasteiger charge is 2.25. The molecule has 0 aliphatic carbocycles. The zero-order valence-corrected chi connectivity index (χ0v) is 11.7. The second kappa shape index (κ2) is 5.90. The molecule has 1 aromatic carbocycles. The Hall–Kier alpha value is -1.10. The molecule has 104 valence electrons. The van der Waals surface area contributed by atoms with Crippen LogP contribution >= 0.6 is 11.6 Å². The lowest BCUT2D eigenvalue weighted by Crippen LogP contribution is -2.31. The number of nitrogens with zero attached hydrogens (tertiary/aromatic N) is 1. The second-order valence-electron chi connectivity index (χ2n) is 4.97. The summed E-state index contributed by atoms with van der Waals surface area (Å²) < 4.78 is 0. The fourth-order valence-electron chi connectivity index (χ4n) is 2.57. The number of halogens is 1. The maximum Gasteiger partial charge on any atom is 0.163 e. The lowest BCUT2D eigenvalue weighted by molar-refractivity contribution is 0.101. The number of hydrogen-bond donors (Lipinski definition) is 2. The first-order valence-electron chi connectivity index (χ1n) is 6.40. The Morgan fingerprint density at radius 2 is 2.26 bits per heavy atom. The minimum atomic E-state index is -0.207. The zero-order chi connectivity index (χ0) is 14.0. The summed E-state index contributed by atoms with van der Waals surface area (Å²) in [5.41, 5.74) is 0.889. The van der Waals surface area contributed by atoms with E-state index in [0.717, 1.165) is 19.4 Å². The summed E-state index contributed by atoms with van der Waals surface area (Å²) in [6.07, 6.45) is 1.99. The van der Waals surface area contributed by atoms with E-state index in [2.05, 4.69) is 4.90 Å². The minimum absolute atomic E-state index is 0.000454. The van der Waals surface area contributed by atoms with Crippen molar-refractivity contribution in [2.45, 2.75) is 32.4 Å². The zero-order valence-electron chi connectivity index (χ0n) is 10.9. The van der Waals surface area contributed by atoms with Crippen molar-refractivity contribution in [3.05, 3.63) is 28.3 Å². The highest BCUT2D eigenvalue weighted by Crippen LogP contribution is 2.30. The molecular weight excluding hydrogens is 266 g/mol. The number of aliphatic hydroxyl groups is 1. The topological polar surface area (TPSA) is 60.8 Å². The van der Waals surface area contributed by atoms with Crippen LogP contribution in [0.4, 0.5) is 0 Å². The first-order valence-corrected chi connectivity index (χ1v) is 6.78. The summed E-state index contributed by atoms with van der Waals surface area (Å²) in [7, 11) is 0. The molecule has 1 unspecified atom stereocenters. The Morgan fingerprint density at radius 1 is 1.53 bits per heavy atom. The van der Waals surface area contributed by atoms with Crippen molar-refractivity contribution in [2.75, 3.05) is 13.2 Å². The number of rotatable bonds is 4. The van der Waals surface area contributed by atoms with Crippen molar-refractivity contribution >= 4 is 17.4 Å². The molecule has 1 aliphatic heterocycles. The Labute approximate surface area is 117 Å². The number of hydrogen-bond acceptors (Lipinski definition) is 4. The second-order valence-corrected chi connectivity index (χ2v) is 5.40. The number of likely N-dealkylation sites (tertiary alicyclic amines) is 1. The van der Waals surface area contributed by atoms with Crippen molar-refractivity contribution in [1.82, 2.24) is 4.90 Å². The van der Waals surface area contributed by atoms with Crippen LogP contribution in [0.5, 0.6) is 5.75 Å². The van der Waals surface area contributed by atoms with Crippen LogP contribution in [0.15, 0.2) is 12.1 Å². The van der Waals surface area contributed by atoms with Crippen LogP contribution in [0.2, 0.25) is 5.02 Å². The molecule has 0 aromatic heterocycles. The first kappa shape index (κ1) is 14.3. The number of benzene rings is 1. The van der Waals surface area contributed by atoms with Crippen molar-refractivity contribution in [3.8, 4) is 5.75 Å². The molecule has 1 aliphatic rings. The molecule has 19 heavy (non-hydrogen) atoms. The van der Waals surface area contributed by atoms with Gasteiger partial charge in [0.2, 0.25) is 0 Å². The van der Waals surface area contributed by atoms with Crippen LogP contribution in [-0.2, 0) is 6.54 Å². The number of phenolic OH excluding ortho intramolecular Hbond substituents is 1. The monoisotopic (exact) mass is 283 g/mol. The molecule has 1 fully saturated rings. The molecule has 0 amide bonds. The Morgan fingerprint density at radius 3 is 2.89 bits per heavy atom. The van der Waals surface area contributed by atoms with Gasteiger partial charge in [0.05, 0.1) is 12.2 Å². The van der Waals surface area contributed by atoms with Crippen molar-refractivity contribution in [3.63, 3.8) is 0 Å². The molecule has 1 aromatic rings. The van der Waals surface area contributed by atoms with E-state index in [1.165, 1.54) is 13.0 Å². The minimum Gasteiger partial charge on any atom is -0.507 e. The SMILES string of the molecule is CC(=O)c1cc(Cl)cc(CN2CCCC2CO)c1O. The molecule has 2 rings (SSSR count). The molecule has 0 spiro atoms. The summed E-state index contributed by atoms with van der Waals surface area (Å²) in [5.74, 6) is -0.207. The molecule has 0 bridgehead atoms. The largest absolute Gasteiger partial charge is 0.507 e. The maximum absolute atomic E-state index is 11.5. The average Bonchev–Trinajstić information content (AvgIpc) is 2.80. The van der Waals surface area contributed by atoms with Gasteiger partial charge in [0.1, 0.15) is 5.75 Å². The molecule has 0 radical (unpaired) electrons. The molecule has 1 atom stereocenters. The lowest BCUT2D eigenvalue weighted by Gasteiger charge is -2.23. The van der Waals surface area contributed by atoms with E-state index in [9.17, 15) is 15.0 Å². The van der Waals surface area contributed by atoms with E-state index in [0.29, 0.717) is 17.1 Å². The van der Waals surface area contributed by atoms with Gasteiger partial charge in [-0.15, -0.1) is 0 Å². The number of phenols is 1. The molecule has 5 heteroatoms. The van der Waals surface area contributed by atoms with Gasteiger partial charge in [-0.2, -0.15) is 0 Å². The van der Waals surface area contributed by atoms with Crippen LogP contribution in [0.3, 0.4) is 0 Å². The van der Waals surface area contributed by atoms with Crippen LogP contribution in [0, 0.1) is 0 Å². The van der Waals surface area contributed by atoms with E-state index < -0.39 is 0 Å². The highest BCUT2D eigenvalue weighted by atomic mass is 35.5. The maximum atomic E-state index is 11.5. The molecule has 4 nitrogen and oxygen atoms in total. The van der Waals surface area contributed by atoms with Gasteiger partial charge in [-0.3, -0.25) is 9.69 Å². The van der Waals surface area contributed by atoms with E-state index >= 15 is 0 Å². The van der Waals surface area contributed by atoms with Crippen LogP contribution < -0.4 is 0 Å². The van der Waals surface area contributed by atoms with Gasteiger partial charge in [0.25, 0.3) is 0 Å². The summed E-state index contributed by atoms with van der Waals surface area (Å²) in [6, 6.07) is 3.28. The summed E-state index contributed by atoms with van der Waals surface area (Å²) in [5, 5.41) is 19.9. The van der Waals surface area contributed by atoms with Crippen molar-refractivity contribution in [1.29, 1.82) is 0 Å². The number of Topliss-reactive ketones (excluding diaryl/α,β-unsaturated/α-hetero) is 1. The third-order valence-electron chi connectivity index (χ3n) is 3.62. The predicted molar refractivity (Wildman–Crippen MR) is 73.6 cm³/mol. The standard InChI is InChI=1S/C14H18ClNO3/c1-9(18)13-6-11(15)5-10(14(13)19)7-16-4-2-3-12(16)8-17/h5-6,12,17,19H,2-4,7-8H2,1H3. The molecule has 0 saturated carbocycles. The van der Waals surface area contributed by atoms with Crippen LogP contribution in [0.25, 0.3) is 0 Å². The van der Waals surface area contributed by atoms with Crippen LogP contribution in [-0.4, -0.2) is 40.1 Å². The molecule has 2 N–H and O–H groups in total. The molecular formula is C14H18ClNO3. The number of aromatic hydroxyl groups is 1. The first-order chi connectivity index (χ1) is 9.02. The Kier molecular flexibility index (Phi) is 4.45. The van der Waals surface area contributed by atoms with Gasteiger partial charge < -0.3 is 10.2 Å². The van der Waals surface area contributed by atoms with Gasteiger partial charge >= 0.3 is 0 Å². The van der Waals surface area contributed by atoms with E-state index in [1.54, 1.807) is 6.07 Å². The summed E-state index contributed by atoms with van der Waals surface area (Å²) in [6.45, 7) is 2.90. The van der Waals surface area contributed by atoms with Gasteiger partial charge in [-0.1, -0.05) is 11.6 Å². The smallest absolute Gasteiger partial charge is 0.163 e. The van der Waals surface area contributed by atoms with Crippen molar-refractivity contribution in [2.24, 2.45) is 0 Å². The third-order valence-corrected chi connectivity index (χ3v) is 3.83. The quantitative estimate of drug-likeness (QED) is 0.832. The van der Waals surface area contributed by atoms with Gasteiger partial charge in [-0.25, -0.2) is 0 Å². The van der Waals surface area contributed by atoms with E-state index in [-0.39, 0.29) is 29.7 Å².